The summed E-state index contributed by atoms with van der Waals surface area (Å²) in [7, 11) is 4.11. The van der Waals surface area contributed by atoms with Crippen molar-refractivity contribution in [2.75, 3.05) is 24.3 Å². The Morgan fingerprint density at radius 1 is 0.889 bits per heavy atom. The van der Waals surface area contributed by atoms with Crippen molar-refractivity contribution < 1.29 is 9.53 Å². The molecular weight excluding hydrogens is 450 g/mol. The molecule has 2 aliphatic carbocycles. The highest BCUT2D eigenvalue weighted by Crippen LogP contribution is 2.30. The molecule has 2 aliphatic rings. The van der Waals surface area contributed by atoms with E-state index < -0.39 is 0 Å². The number of fused-ring (bicyclic) bond motifs is 1. The molecule has 2 aromatic carbocycles. The Kier molecular flexibility index (Phi) is 7.35. The third kappa shape index (κ3) is 5.61. The number of hydrogen-bond acceptors (Lipinski definition) is 6. The predicted octanol–water partition coefficient (Wildman–Crippen LogP) is 5.37. The largest absolute Gasteiger partial charge is 0.457 e. The number of hydrogen-bond donors (Lipinski definition) is 2. The number of amides is 1. The predicted molar refractivity (Wildman–Crippen MR) is 143 cm³/mol. The second kappa shape index (κ2) is 11.0. The summed E-state index contributed by atoms with van der Waals surface area (Å²) in [6.45, 7) is 0. The topological polar surface area (TPSA) is 79.4 Å². The van der Waals surface area contributed by atoms with Crippen LogP contribution in [0.3, 0.4) is 0 Å². The molecule has 36 heavy (non-hydrogen) atoms. The van der Waals surface area contributed by atoms with Gasteiger partial charge in [0.25, 0.3) is 5.91 Å². The average Bonchev–Trinajstić information content (AvgIpc) is 2.90. The SMILES string of the molecule is CN(C)c1nc(N[C@H]2CC[C@@H](NC(=O)c3ccccc3Oc3ccccc3)CC2)nc2c1CCCC2. The maximum atomic E-state index is 13.1. The first-order chi connectivity index (χ1) is 17.6. The van der Waals surface area contributed by atoms with Crippen LogP contribution < -0.4 is 20.3 Å². The second-order valence-corrected chi connectivity index (χ2v) is 9.98. The summed E-state index contributed by atoms with van der Waals surface area (Å²) in [5.74, 6) is 2.97. The minimum absolute atomic E-state index is 0.0911. The van der Waals surface area contributed by atoms with Crippen LogP contribution in [-0.2, 0) is 12.8 Å². The van der Waals surface area contributed by atoms with Crippen LogP contribution in [0.2, 0.25) is 0 Å². The van der Waals surface area contributed by atoms with Gasteiger partial charge in [0.05, 0.1) is 11.3 Å². The van der Waals surface area contributed by atoms with Crippen molar-refractivity contribution in [3.05, 3.63) is 71.4 Å². The lowest BCUT2D eigenvalue weighted by molar-refractivity contribution is 0.0924. The average molecular weight is 486 g/mol. The van der Waals surface area contributed by atoms with Crippen molar-refractivity contribution >= 4 is 17.7 Å². The quantitative estimate of drug-likeness (QED) is 0.469. The van der Waals surface area contributed by atoms with E-state index in [2.05, 4.69) is 29.6 Å². The number of rotatable bonds is 7. The van der Waals surface area contributed by atoms with E-state index in [4.69, 9.17) is 14.7 Å². The zero-order valence-electron chi connectivity index (χ0n) is 21.2. The first kappa shape index (κ1) is 24.1. The van der Waals surface area contributed by atoms with Crippen LogP contribution in [0.5, 0.6) is 11.5 Å². The van der Waals surface area contributed by atoms with E-state index in [0.29, 0.717) is 23.1 Å². The van der Waals surface area contributed by atoms with Gasteiger partial charge in [-0.1, -0.05) is 30.3 Å². The summed E-state index contributed by atoms with van der Waals surface area (Å²) < 4.78 is 5.98. The van der Waals surface area contributed by atoms with E-state index in [1.807, 2.05) is 54.6 Å². The third-order valence-corrected chi connectivity index (χ3v) is 7.08. The van der Waals surface area contributed by atoms with E-state index in [1.54, 1.807) is 0 Å². The molecule has 0 radical (unpaired) electrons. The fourth-order valence-corrected chi connectivity index (χ4v) is 5.20. The lowest BCUT2D eigenvalue weighted by atomic mass is 9.91. The number of para-hydroxylation sites is 2. The number of nitrogens with zero attached hydrogens (tertiary/aromatic N) is 3. The Balaban J connectivity index is 1.18. The number of carbonyl (C=O) groups excluding carboxylic acids is 1. The Morgan fingerprint density at radius 3 is 2.36 bits per heavy atom. The van der Waals surface area contributed by atoms with Gasteiger partial charge < -0.3 is 20.3 Å². The van der Waals surface area contributed by atoms with Gasteiger partial charge in [-0.2, -0.15) is 4.98 Å². The Bertz CT molecular complexity index is 1190. The third-order valence-electron chi connectivity index (χ3n) is 7.08. The number of anilines is 2. The Hall–Kier alpha value is -3.61. The van der Waals surface area contributed by atoms with Gasteiger partial charge in [0.15, 0.2) is 0 Å². The number of nitrogens with one attached hydrogen (secondary N) is 2. The highest BCUT2D eigenvalue weighted by atomic mass is 16.5. The molecule has 3 aromatic rings. The van der Waals surface area contributed by atoms with Gasteiger partial charge in [-0.05, 0) is 75.6 Å². The second-order valence-electron chi connectivity index (χ2n) is 9.98. The molecule has 7 nitrogen and oxygen atoms in total. The van der Waals surface area contributed by atoms with E-state index in [-0.39, 0.29) is 11.9 Å². The van der Waals surface area contributed by atoms with Crippen molar-refractivity contribution in [1.29, 1.82) is 0 Å². The Morgan fingerprint density at radius 2 is 1.58 bits per heavy atom. The highest BCUT2D eigenvalue weighted by molar-refractivity contribution is 5.97. The Labute approximate surface area is 213 Å². The van der Waals surface area contributed by atoms with Gasteiger partial charge in [-0.3, -0.25) is 4.79 Å². The molecule has 1 saturated carbocycles. The molecule has 0 aliphatic heterocycles. The molecule has 2 N–H and O–H groups in total. The molecule has 5 rings (SSSR count). The van der Waals surface area contributed by atoms with Crippen molar-refractivity contribution in [3.63, 3.8) is 0 Å². The van der Waals surface area contributed by atoms with Gasteiger partial charge >= 0.3 is 0 Å². The lowest BCUT2D eigenvalue weighted by Gasteiger charge is -2.30. The molecule has 0 spiro atoms. The summed E-state index contributed by atoms with van der Waals surface area (Å²) in [6.07, 6.45) is 8.25. The van der Waals surface area contributed by atoms with Crippen LogP contribution in [0.4, 0.5) is 11.8 Å². The van der Waals surface area contributed by atoms with E-state index in [0.717, 1.165) is 50.3 Å². The van der Waals surface area contributed by atoms with Crippen LogP contribution in [0, 0.1) is 0 Å². The summed E-state index contributed by atoms with van der Waals surface area (Å²) in [4.78, 5) is 24.9. The first-order valence-electron chi connectivity index (χ1n) is 13.0. The maximum Gasteiger partial charge on any atom is 0.255 e. The summed E-state index contributed by atoms with van der Waals surface area (Å²) in [5, 5.41) is 6.81. The van der Waals surface area contributed by atoms with Crippen LogP contribution in [0.25, 0.3) is 0 Å². The van der Waals surface area contributed by atoms with Gasteiger partial charge in [0.2, 0.25) is 5.95 Å². The molecule has 1 aromatic heterocycles. The van der Waals surface area contributed by atoms with Crippen LogP contribution in [0.1, 0.15) is 60.1 Å². The maximum absolute atomic E-state index is 13.1. The molecule has 1 heterocycles. The van der Waals surface area contributed by atoms with Crippen LogP contribution >= 0.6 is 0 Å². The van der Waals surface area contributed by atoms with Crippen LogP contribution in [-0.4, -0.2) is 42.1 Å². The molecule has 0 atom stereocenters. The van der Waals surface area contributed by atoms with Crippen LogP contribution in [0.15, 0.2) is 54.6 Å². The fourth-order valence-electron chi connectivity index (χ4n) is 5.20. The molecular formula is C29H35N5O2. The number of aromatic nitrogens is 2. The minimum atomic E-state index is -0.0911. The van der Waals surface area contributed by atoms with Gasteiger partial charge in [-0.25, -0.2) is 4.98 Å². The van der Waals surface area contributed by atoms with Crippen molar-refractivity contribution in [3.8, 4) is 11.5 Å². The number of aryl methyl sites for hydroxylation is 1. The summed E-state index contributed by atoms with van der Waals surface area (Å²) in [6, 6.07) is 17.4. The normalized spacial score (nSPS) is 19.2. The van der Waals surface area contributed by atoms with Gasteiger partial charge in [0.1, 0.15) is 17.3 Å². The van der Waals surface area contributed by atoms with Crippen molar-refractivity contribution in [1.82, 2.24) is 15.3 Å². The van der Waals surface area contributed by atoms with E-state index in [9.17, 15) is 4.79 Å². The van der Waals surface area contributed by atoms with Gasteiger partial charge in [-0.15, -0.1) is 0 Å². The van der Waals surface area contributed by atoms with E-state index >= 15 is 0 Å². The standard InChI is InChI=1S/C29H35N5O2/c1-34(2)27-23-12-6-8-14-25(23)32-29(33-27)31-21-18-16-20(17-19-21)30-28(35)24-13-7-9-15-26(24)36-22-10-4-3-5-11-22/h3-5,7,9-11,13,15,20-21H,6,8,12,14,16-19H2,1-2H3,(H,30,35)(H,31,32,33)/t20-,21+. The van der Waals surface area contributed by atoms with Crippen molar-refractivity contribution in [2.45, 2.75) is 63.5 Å². The molecule has 188 valence electrons. The lowest BCUT2D eigenvalue weighted by Crippen LogP contribution is -2.40. The molecule has 0 unspecified atom stereocenters. The molecule has 0 saturated heterocycles. The summed E-state index contributed by atoms with van der Waals surface area (Å²) >= 11 is 0. The highest BCUT2D eigenvalue weighted by Gasteiger charge is 2.26. The molecule has 0 bridgehead atoms. The zero-order chi connectivity index (χ0) is 24.9. The number of ether oxygens (including phenoxy) is 1. The number of benzene rings is 2. The van der Waals surface area contributed by atoms with Crippen molar-refractivity contribution in [2.24, 2.45) is 0 Å². The fraction of sp³-hybridized carbons (Fsp3) is 0.414. The summed E-state index contributed by atoms with van der Waals surface area (Å²) in [5.41, 5.74) is 3.06. The molecule has 1 fully saturated rings. The number of carbonyl (C=O) groups is 1. The smallest absolute Gasteiger partial charge is 0.255 e. The molecule has 7 heteroatoms. The zero-order valence-corrected chi connectivity index (χ0v) is 21.2. The van der Waals surface area contributed by atoms with E-state index in [1.165, 1.54) is 24.1 Å². The monoisotopic (exact) mass is 485 g/mol. The molecule has 1 amide bonds. The first-order valence-corrected chi connectivity index (χ1v) is 13.0. The minimum Gasteiger partial charge on any atom is -0.457 e. The van der Waals surface area contributed by atoms with Gasteiger partial charge in [0, 0.05) is 31.7 Å².